The molecular formula is C18H17ClN2O2S. The first-order valence-corrected chi connectivity index (χ1v) is 8.82. The van der Waals surface area contributed by atoms with Gasteiger partial charge in [0, 0.05) is 16.0 Å². The number of allylic oxidation sites excluding steroid dienone is 1. The summed E-state index contributed by atoms with van der Waals surface area (Å²) in [4.78, 5) is 18.3. The Morgan fingerprint density at radius 1 is 1.38 bits per heavy atom. The number of nitrogens with zero attached hydrogens (tertiary/aromatic N) is 2. The topological polar surface area (TPSA) is 44.1 Å². The molecule has 2 heterocycles. The van der Waals surface area contributed by atoms with E-state index in [4.69, 9.17) is 16.3 Å². The number of thiophene rings is 1. The average molecular weight is 361 g/mol. The maximum absolute atomic E-state index is 13.0. The van der Waals surface area contributed by atoms with Gasteiger partial charge in [0.15, 0.2) is 0 Å². The van der Waals surface area contributed by atoms with E-state index in [0.717, 1.165) is 16.0 Å². The molecule has 3 aromatic rings. The maximum Gasteiger partial charge on any atom is 0.263 e. The van der Waals surface area contributed by atoms with Crippen LogP contribution in [0.2, 0.25) is 5.02 Å². The number of ether oxygens (including phenoxy) is 1. The van der Waals surface area contributed by atoms with Gasteiger partial charge in [0.25, 0.3) is 5.56 Å². The standard InChI is InChI=1S/C18H17ClN2O2S/c1-4-23-11(2)9-21-12(3)20-17-16(18(21)22)15(10-24-17)13-5-7-14(19)8-6-13/h5-8,10H,2,4,9H2,1,3H3. The molecule has 0 aliphatic heterocycles. The molecule has 0 N–H and O–H groups in total. The molecule has 1 aromatic carbocycles. The third-order valence-corrected chi connectivity index (χ3v) is 4.85. The molecule has 4 nitrogen and oxygen atoms in total. The first-order valence-electron chi connectivity index (χ1n) is 7.56. The monoisotopic (exact) mass is 360 g/mol. The van der Waals surface area contributed by atoms with Crippen molar-refractivity contribution in [1.82, 2.24) is 9.55 Å². The van der Waals surface area contributed by atoms with Gasteiger partial charge >= 0.3 is 0 Å². The zero-order valence-electron chi connectivity index (χ0n) is 13.5. The predicted octanol–water partition coefficient (Wildman–Crippen LogP) is 4.64. The molecule has 0 spiro atoms. The van der Waals surface area contributed by atoms with Crippen LogP contribution in [0, 0.1) is 6.92 Å². The number of halogens is 1. The number of fused-ring (bicyclic) bond motifs is 1. The summed E-state index contributed by atoms with van der Waals surface area (Å²) in [7, 11) is 0. The van der Waals surface area contributed by atoms with Gasteiger partial charge in [-0.15, -0.1) is 11.3 Å². The van der Waals surface area contributed by atoms with Gasteiger partial charge in [-0.25, -0.2) is 4.98 Å². The zero-order chi connectivity index (χ0) is 17.3. The van der Waals surface area contributed by atoms with E-state index in [1.165, 1.54) is 11.3 Å². The lowest BCUT2D eigenvalue weighted by molar-refractivity contribution is 0.213. The van der Waals surface area contributed by atoms with Crippen LogP contribution in [0.15, 0.2) is 46.8 Å². The van der Waals surface area contributed by atoms with Gasteiger partial charge in [-0.3, -0.25) is 9.36 Å². The van der Waals surface area contributed by atoms with E-state index in [1.807, 2.05) is 43.5 Å². The molecule has 24 heavy (non-hydrogen) atoms. The first-order chi connectivity index (χ1) is 11.5. The lowest BCUT2D eigenvalue weighted by Crippen LogP contribution is -2.25. The highest BCUT2D eigenvalue weighted by Gasteiger charge is 2.16. The lowest BCUT2D eigenvalue weighted by Gasteiger charge is -2.12. The molecule has 0 unspecified atom stereocenters. The lowest BCUT2D eigenvalue weighted by atomic mass is 10.1. The van der Waals surface area contributed by atoms with Crippen molar-refractivity contribution in [3.63, 3.8) is 0 Å². The van der Waals surface area contributed by atoms with Crippen molar-refractivity contribution < 1.29 is 4.74 Å². The number of aromatic nitrogens is 2. The molecule has 0 saturated heterocycles. The third kappa shape index (κ3) is 3.09. The number of hydrogen-bond acceptors (Lipinski definition) is 4. The smallest absolute Gasteiger partial charge is 0.263 e. The fourth-order valence-corrected chi connectivity index (χ4v) is 3.69. The molecule has 0 atom stereocenters. The molecule has 0 amide bonds. The van der Waals surface area contributed by atoms with Gasteiger partial charge in [-0.1, -0.05) is 30.3 Å². The number of benzene rings is 1. The van der Waals surface area contributed by atoms with Crippen LogP contribution in [0.3, 0.4) is 0 Å². The zero-order valence-corrected chi connectivity index (χ0v) is 15.1. The Hall–Kier alpha value is -2.11. The van der Waals surface area contributed by atoms with E-state index in [9.17, 15) is 4.79 Å². The Balaban J connectivity index is 2.15. The summed E-state index contributed by atoms with van der Waals surface area (Å²) in [6.07, 6.45) is 0. The van der Waals surface area contributed by atoms with Crippen LogP contribution in [0.4, 0.5) is 0 Å². The molecule has 0 fully saturated rings. The molecule has 6 heteroatoms. The van der Waals surface area contributed by atoms with E-state index >= 15 is 0 Å². The van der Waals surface area contributed by atoms with Crippen molar-refractivity contribution in [1.29, 1.82) is 0 Å². The third-order valence-electron chi connectivity index (χ3n) is 3.72. The molecule has 0 saturated carbocycles. The molecule has 0 aliphatic carbocycles. The summed E-state index contributed by atoms with van der Waals surface area (Å²) in [5, 5.41) is 3.25. The molecular weight excluding hydrogens is 344 g/mol. The summed E-state index contributed by atoms with van der Waals surface area (Å²) in [6, 6.07) is 7.45. The van der Waals surface area contributed by atoms with Crippen LogP contribution in [-0.2, 0) is 11.3 Å². The van der Waals surface area contributed by atoms with Crippen molar-refractivity contribution in [2.75, 3.05) is 6.61 Å². The highest BCUT2D eigenvalue weighted by Crippen LogP contribution is 2.31. The molecule has 0 aliphatic rings. The van der Waals surface area contributed by atoms with Crippen LogP contribution in [0.1, 0.15) is 12.7 Å². The Morgan fingerprint density at radius 3 is 2.75 bits per heavy atom. The summed E-state index contributed by atoms with van der Waals surface area (Å²) >= 11 is 7.42. The van der Waals surface area contributed by atoms with Crippen LogP contribution in [-0.4, -0.2) is 16.2 Å². The first kappa shape index (κ1) is 16.7. The predicted molar refractivity (Wildman–Crippen MR) is 99.8 cm³/mol. The van der Waals surface area contributed by atoms with E-state index in [0.29, 0.717) is 35.1 Å². The quantitative estimate of drug-likeness (QED) is 0.623. The fourth-order valence-electron chi connectivity index (χ4n) is 2.58. The molecule has 0 radical (unpaired) electrons. The average Bonchev–Trinajstić information content (AvgIpc) is 2.96. The van der Waals surface area contributed by atoms with E-state index in [-0.39, 0.29) is 5.56 Å². The van der Waals surface area contributed by atoms with Gasteiger partial charge in [0.05, 0.1) is 18.5 Å². The Labute approximate surface area is 149 Å². The van der Waals surface area contributed by atoms with Gasteiger partial charge in [-0.2, -0.15) is 0 Å². The van der Waals surface area contributed by atoms with Crippen molar-refractivity contribution in [3.05, 3.63) is 63.2 Å². The number of hydrogen-bond donors (Lipinski definition) is 0. The van der Waals surface area contributed by atoms with Crippen LogP contribution < -0.4 is 5.56 Å². The summed E-state index contributed by atoms with van der Waals surface area (Å²) in [5.74, 6) is 1.20. The second kappa shape index (κ2) is 6.79. The largest absolute Gasteiger partial charge is 0.497 e. The highest BCUT2D eigenvalue weighted by molar-refractivity contribution is 7.17. The Kier molecular flexibility index (Phi) is 4.73. The Bertz CT molecular complexity index is 958. The van der Waals surface area contributed by atoms with Crippen molar-refractivity contribution >= 4 is 33.2 Å². The van der Waals surface area contributed by atoms with Crippen LogP contribution in [0.5, 0.6) is 0 Å². The highest BCUT2D eigenvalue weighted by atomic mass is 35.5. The molecule has 124 valence electrons. The van der Waals surface area contributed by atoms with Gasteiger partial charge in [0.2, 0.25) is 0 Å². The molecule has 2 aromatic heterocycles. The minimum Gasteiger partial charge on any atom is -0.497 e. The summed E-state index contributed by atoms with van der Waals surface area (Å²) in [5.41, 5.74) is 1.74. The van der Waals surface area contributed by atoms with Crippen molar-refractivity contribution in [2.45, 2.75) is 20.4 Å². The Morgan fingerprint density at radius 2 is 2.08 bits per heavy atom. The van der Waals surface area contributed by atoms with Crippen LogP contribution in [0.25, 0.3) is 21.3 Å². The second-order valence-electron chi connectivity index (χ2n) is 5.36. The normalized spacial score (nSPS) is 11.0. The molecule has 0 bridgehead atoms. The SMILES string of the molecule is C=C(Cn1c(C)nc2scc(-c3ccc(Cl)cc3)c2c1=O)OCC. The summed E-state index contributed by atoms with van der Waals surface area (Å²) < 4.78 is 6.99. The van der Waals surface area contributed by atoms with E-state index in [2.05, 4.69) is 11.6 Å². The minimum atomic E-state index is -0.0791. The minimum absolute atomic E-state index is 0.0791. The molecule has 3 rings (SSSR count). The van der Waals surface area contributed by atoms with Crippen molar-refractivity contribution in [3.8, 4) is 11.1 Å². The van der Waals surface area contributed by atoms with Gasteiger partial charge < -0.3 is 4.74 Å². The van der Waals surface area contributed by atoms with E-state index < -0.39 is 0 Å². The van der Waals surface area contributed by atoms with Crippen LogP contribution >= 0.6 is 22.9 Å². The van der Waals surface area contributed by atoms with Gasteiger partial charge in [0.1, 0.15) is 16.4 Å². The second-order valence-corrected chi connectivity index (χ2v) is 6.65. The van der Waals surface area contributed by atoms with Crippen molar-refractivity contribution in [2.24, 2.45) is 0 Å². The number of aryl methyl sites for hydroxylation is 1. The van der Waals surface area contributed by atoms with E-state index in [1.54, 1.807) is 4.57 Å². The maximum atomic E-state index is 13.0. The van der Waals surface area contributed by atoms with Gasteiger partial charge in [-0.05, 0) is 31.5 Å². The summed E-state index contributed by atoms with van der Waals surface area (Å²) in [6.45, 7) is 8.40. The number of rotatable bonds is 5. The fraction of sp³-hybridized carbons (Fsp3) is 0.222.